The second-order valence-electron chi connectivity index (χ2n) is 6.48. The highest BCUT2D eigenvalue weighted by Crippen LogP contribution is 2.42. The number of rotatable bonds is 3. The van der Waals surface area contributed by atoms with Gasteiger partial charge in [0.2, 0.25) is 0 Å². The molecule has 1 aromatic carbocycles. The first-order valence-corrected chi connectivity index (χ1v) is 8.44. The van der Waals surface area contributed by atoms with Crippen molar-refractivity contribution in [2.24, 2.45) is 5.73 Å². The number of hydrogen-bond donors (Lipinski definition) is 1. The number of aromatic nitrogens is 2. The topological polar surface area (TPSA) is 60.9 Å². The molecule has 0 saturated heterocycles. The average Bonchev–Trinajstić information content (AvgIpc) is 2.57. The SMILES string of the molecule is Cc1ccc(=O)n(C2CCC(CN)(c3cccc(Cl)c3)CC2)n1.Cl. The fraction of sp³-hybridized carbons (Fsp3) is 0.444. The van der Waals surface area contributed by atoms with Crippen molar-refractivity contribution < 1.29 is 0 Å². The van der Waals surface area contributed by atoms with Crippen LogP contribution in [0.25, 0.3) is 0 Å². The van der Waals surface area contributed by atoms with Gasteiger partial charge in [0, 0.05) is 23.0 Å². The van der Waals surface area contributed by atoms with Gasteiger partial charge in [-0.15, -0.1) is 12.4 Å². The Kier molecular flexibility index (Phi) is 6.07. The average molecular weight is 368 g/mol. The zero-order chi connectivity index (χ0) is 16.4. The molecule has 0 unspecified atom stereocenters. The number of aryl methyl sites for hydroxylation is 1. The van der Waals surface area contributed by atoms with Crippen molar-refractivity contribution in [3.05, 3.63) is 63.0 Å². The van der Waals surface area contributed by atoms with Gasteiger partial charge in [-0.3, -0.25) is 4.79 Å². The molecule has 130 valence electrons. The van der Waals surface area contributed by atoms with Gasteiger partial charge in [0.15, 0.2) is 0 Å². The first-order valence-electron chi connectivity index (χ1n) is 8.07. The molecule has 2 aromatic rings. The molecule has 6 heteroatoms. The molecule has 2 N–H and O–H groups in total. The van der Waals surface area contributed by atoms with Crippen LogP contribution in [0.1, 0.15) is 43.0 Å². The van der Waals surface area contributed by atoms with Crippen LogP contribution in [-0.4, -0.2) is 16.3 Å². The van der Waals surface area contributed by atoms with Crippen LogP contribution in [0.5, 0.6) is 0 Å². The number of halogens is 2. The van der Waals surface area contributed by atoms with Crippen LogP contribution < -0.4 is 11.3 Å². The van der Waals surface area contributed by atoms with Gasteiger partial charge in [-0.2, -0.15) is 5.10 Å². The van der Waals surface area contributed by atoms with E-state index in [4.69, 9.17) is 17.3 Å². The Morgan fingerprint density at radius 3 is 2.62 bits per heavy atom. The second kappa shape index (κ2) is 7.68. The summed E-state index contributed by atoms with van der Waals surface area (Å²) in [5.41, 5.74) is 8.13. The van der Waals surface area contributed by atoms with Crippen LogP contribution in [-0.2, 0) is 5.41 Å². The molecule has 24 heavy (non-hydrogen) atoms. The summed E-state index contributed by atoms with van der Waals surface area (Å²) in [6.45, 7) is 2.51. The summed E-state index contributed by atoms with van der Waals surface area (Å²) in [6.07, 6.45) is 3.69. The van der Waals surface area contributed by atoms with Gasteiger partial charge in [-0.25, -0.2) is 4.68 Å². The lowest BCUT2D eigenvalue weighted by atomic mass is 9.68. The van der Waals surface area contributed by atoms with E-state index in [1.807, 2.05) is 25.1 Å². The summed E-state index contributed by atoms with van der Waals surface area (Å²) in [5.74, 6) is 0. The van der Waals surface area contributed by atoms with E-state index in [0.29, 0.717) is 6.54 Å². The third-order valence-corrected chi connectivity index (χ3v) is 5.28. The van der Waals surface area contributed by atoms with Gasteiger partial charge in [-0.05, 0) is 56.4 Å². The van der Waals surface area contributed by atoms with Crippen LogP contribution in [0.15, 0.2) is 41.2 Å². The Morgan fingerprint density at radius 2 is 2.00 bits per heavy atom. The van der Waals surface area contributed by atoms with E-state index in [0.717, 1.165) is 36.4 Å². The molecule has 0 bridgehead atoms. The van der Waals surface area contributed by atoms with E-state index in [1.54, 1.807) is 16.8 Å². The van der Waals surface area contributed by atoms with Gasteiger partial charge in [0.25, 0.3) is 5.56 Å². The normalized spacial score (nSPS) is 23.5. The minimum atomic E-state index is -0.0468. The third-order valence-electron chi connectivity index (χ3n) is 5.04. The maximum absolute atomic E-state index is 12.1. The zero-order valence-electron chi connectivity index (χ0n) is 13.7. The van der Waals surface area contributed by atoms with Crippen molar-refractivity contribution in [3.8, 4) is 0 Å². The molecule has 1 aliphatic carbocycles. The molecular formula is C18H23Cl2N3O. The summed E-state index contributed by atoms with van der Waals surface area (Å²) >= 11 is 6.15. The van der Waals surface area contributed by atoms with E-state index in [-0.39, 0.29) is 29.4 Å². The lowest BCUT2D eigenvalue weighted by Gasteiger charge is -2.40. The summed E-state index contributed by atoms with van der Waals surface area (Å²) in [7, 11) is 0. The first-order chi connectivity index (χ1) is 11.0. The monoisotopic (exact) mass is 367 g/mol. The highest BCUT2D eigenvalue weighted by molar-refractivity contribution is 6.30. The fourth-order valence-corrected chi connectivity index (χ4v) is 3.80. The summed E-state index contributed by atoms with van der Waals surface area (Å²) < 4.78 is 1.65. The van der Waals surface area contributed by atoms with Crippen LogP contribution in [0.3, 0.4) is 0 Å². The van der Waals surface area contributed by atoms with E-state index in [1.165, 1.54) is 5.56 Å². The number of nitrogens with two attached hydrogens (primary N) is 1. The van der Waals surface area contributed by atoms with E-state index in [9.17, 15) is 4.79 Å². The standard InChI is InChI=1S/C18H22ClN3O.ClH/c1-13-5-6-17(23)22(21-13)16-7-9-18(12-20,10-8-16)14-3-2-4-15(19)11-14;/h2-6,11,16H,7-10,12,20H2,1H3;1H. The van der Waals surface area contributed by atoms with Gasteiger partial charge in [0.1, 0.15) is 0 Å². The van der Waals surface area contributed by atoms with Crippen molar-refractivity contribution in [2.45, 2.75) is 44.1 Å². The van der Waals surface area contributed by atoms with Gasteiger partial charge >= 0.3 is 0 Å². The van der Waals surface area contributed by atoms with Crippen LogP contribution in [0.4, 0.5) is 0 Å². The molecule has 1 saturated carbocycles. The zero-order valence-corrected chi connectivity index (χ0v) is 15.3. The predicted octanol–water partition coefficient (Wildman–Crippen LogP) is 3.64. The molecule has 0 atom stereocenters. The molecule has 4 nitrogen and oxygen atoms in total. The molecule has 1 fully saturated rings. The van der Waals surface area contributed by atoms with Crippen molar-refractivity contribution in [2.75, 3.05) is 6.54 Å². The molecule has 3 rings (SSSR count). The van der Waals surface area contributed by atoms with Crippen LogP contribution in [0.2, 0.25) is 5.02 Å². The van der Waals surface area contributed by atoms with Gasteiger partial charge < -0.3 is 5.73 Å². The Labute approximate surface area is 153 Å². The second-order valence-corrected chi connectivity index (χ2v) is 6.92. The summed E-state index contributed by atoms with van der Waals surface area (Å²) in [6, 6.07) is 11.5. The molecule has 0 amide bonds. The molecular weight excluding hydrogens is 345 g/mol. The number of hydrogen-bond acceptors (Lipinski definition) is 3. The Hall–Kier alpha value is -1.36. The lowest BCUT2D eigenvalue weighted by molar-refractivity contribution is 0.221. The minimum absolute atomic E-state index is 0. The highest BCUT2D eigenvalue weighted by atomic mass is 35.5. The van der Waals surface area contributed by atoms with Crippen molar-refractivity contribution in [1.29, 1.82) is 0 Å². The molecule has 1 heterocycles. The first kappa shape index (κ1) is 19.0. The van der Waals surface area contributed by atoms with Crippen molar-refractivity contribution in [1.82, 2.24) is 9.78 Å². The van der Waals surface area contributed by atoms with Gasteiger partial charge in [0.05, 0.1) is 11.7 Å². The molecule has 1 aliphatic rings. The molecule has 0 radical (unpaired) electrons. The largest absolute Gasteiger partial charge is 0.330 e. The molecule has 0 spiro atoms. The minimum Gasteiger partial charge on any atom is -0.330 e. The summed E-state index contributed by atoms with van der Waals surface area (Å²) in [5, 5.41) is 5.15. The Balaban J connectivity index is 0.00000208. The highest BCUT2D eigenvalue weighted by Gasteiger charge is 2.36. The third kappa shape index (κ3) is 3.66. The van der Waals surface area contributed by atoms with Crippen molar-refractivity contribution in [3.63, 3.8) is 0 Å². The van der Waals surface area contributed by atoms with E-state index in [2.05, 4.69) is 11.2 Å². The fourth-order valence-electron chi connectivity index (χ4n) is 3.61. The molecule has 1 aromatic heterocycles. The summed E-state index contributed by atoms with van der Waals surface area (Å²) in [4.78, 5) is 12.1. The Morgan fingerprint density at radius 1 is 1.29 bits per heavy atom. The molecule has 0 aliphatic heterocycles. The maximum atomic E-state index is 12.1. The number of nitrogens with zero attached hydrogens (tertiary/aromatic N) is 2. The van der Waals surface area contributed by atoms with Crippen LogP contribution >= 0.6 is 24.0 Å². The van der Waals surface area contributed by atoms with Crippen LogP contribution in [0, 0.1) is 6.92 Å². The van der Waals surface area contributed by atoms with E-state index >= 15 is 0 Å². The number of benzene rings is 1. The quantitative estimate of drug-likeness (QED) is 0.900. The maximum Gasteiger partial charge on any atom is 0.267 e. The smallest absolute Gasteiger partial charge is 0.267 e. The lowest BCUT2D eigenvalue weighted by Crippen LogP contribution is -2.41. The van der Waals surface area contributed by atoms with Crippen molar-refractivity contribution >= 4 is 24.0 Å². The van der Waals surface area contributed by atoms with E-state index < -0.39 is 0 Å². The predicted molar refractivity (Wildman–Crippen MR) is 100 cm³/mol. The Bertz CT molecular complexity index is 752. The van der Waals surface area contributed by atoms with Gasteiger partial charge in [-0.1, -0.05) is 23.7 Å².